The van der Waals surface area contributed by atoms with Crippen LogP contribution >= 0.6 is 11.3 Å². The summed E-state index contributed by atoms with van der Waals surface area (Å²) in [6.07, 6.45) is 5.46. The van der Waals surface area contributed by atoms with Gasteiger partial charge in [-0.05, 0) is 57.2 Å². The number of benzene rings is 1. The topological polar surface area (TPSA) is 64.9 Å². The zero-order valence-corrected chi connectivity index (χ0v) is 15.5. The largest absolute Gasteiger partial charge is 0.374 e. The van der Waals surface area contributed by atoms with Gasteiger partial charge in [-0.1, -0.05) is 24.1 Å². The van der Waals surface area contributed by atoms with Crippen LogP contribution in [-0.4, -0.2) is 11.9 Å². The summed E-state index contributed by atoms with van der Waals surface area (Å²) in [5, 5.41) is 16.4. The number of amides is 1. The van der Waals surface area contributed by atoms with Crippen molar-refractivity contribution in [2.24, 2.45) is 0 Å². The second-order valence-corrected chi connectivity index (χ2v) is 7.71. The van der Waals surface area contributed by atoms with Crippen molar-refractivity contribution in [2.45, 2.75) is 52.0 Å². The van der Waals surface area contributed by atoms with E-state index in [2.05, 4.69) is 16.7 Å². The lowest BCUT2D eigenvalue weighted by atomic mass is 10.1. The lowest BCUT2D eigenvalue weighted by molar-refractivity contribution is -0.116. The first-order valence-electron chi connectivity index (χ1n) is 8.77. The Bertz CT molecular complexity index is 802. The van der Waals surface area contributed by atoms with E-state index >= 15 is 0 Å². The molecule has 2 aromatic rings. The number of rotatable bonds is 4. The Morgan fingerprint density at radius 1 is 1.20 bits per heavy atom. The molecule has 1 atom stereocenters. The Labute approximate surface area is 152 Å². The summed E-state index contributed by atoms with van der Waals surface area (Å²) >= 11 is 1.57. The third-order valence-electron chi connectivity index (χ3n) is 4.60. The minimum absolute atomic E-state index is 0.117. The van der Waals surface area contributed by atoms with E-state index in [9.17, 15) is 10.1 Å². The first-order chi connectivity index (χ1) is 12.1. The van der Waals surface area contributed by atoms with E-state index in [0.717, 1.165) is 36.9 Å². The van der Waals surface area contributed by atoms with Gasteiger partial charge in [-0.3, -0.25) is 4.79 Å². The van der Waals surface area contributed by atoms with Gasteiger partial charge < -0.3 is 10.6 Å². The molecule has 0 spiro atoms. The number of aryl methyl sites for hydroxylation is 2. The molecule has 1 aromatic heterocycles. The molecule has 2 N–H and O–H groups in total. The van der Waals surface area contributed by atoms with Gasteiger partial charge in [-0.25, -0.2) is 0 Å². The number of hydrogen-bond donors (Lipinski definition) is 2. The Hall–Kier alpha value is -2.32. The number of nitrogens with zero attached hydrogens (tertiary/aromatic N) is 1. The summed E-state index contributed by atoms with van der Waals surface area (Å²) in [4.78, 5) is 13.8. The number of nitriles is 1. The molecule has 1 aliphatic carbocycles. The van der Waals surface area contributed by atoms with Crippen LogP contribution in [-0.2, 0) is 17.6 Å². The van der Waals surface area contributed by atoms with Crippen LogP contribution in [0.3, 0.4) is 0 Å². The highest BCUT2D eigenvalue weighted by Crippen LogP contribution is 2.37. The maximum atomic E-state index is 12.6. The first-order valence-corrected chi connectivity index (χ1v) is 9.59. The van der Waals surface area contributed by atoms with Crippen molar-refractivity contribution < 1.29 is 4.79 Å². The number of nitrogens with one attached hydrogen (secondary N) is 2. The van der Waals surface area contributed by atoms with Crippen LogP contribution in [0.4, 0.5) is 10.7 Å². The number of anilines is 2. The molecule has 0 unspecified atom stereocenters. The van der Waals surface area contributed by atoms with Gasteiger partial charge in [-0.2, -0.15) is 5.26 Å². The second-order valence-electron chi connectivity index (χ2n) is 6.60. The van der Waals surface area contributed by atoms with E-state index in [1.807, 2.05) is 38.1 Å². The SMILES string of the molecule is Cc1ccc(N[C@H](C)C(=O)Nc2sc3c(c2C#N)CCCCC3)cc1. The predicted molar refractivity (Wildman–Crippen MR) is 103 cm³/mol. The minimum Gasteiger partial charge on any atom is -0.374 e. The molecule has 0 saturated carbocycles. The van der Waals surface area contributed by atoms with Crippen molar-refractivity contribution in [2.75, 3.05) is 10.6 Å². The van der Waals surface area contributed by atoms with E-state index in [4.69, 9.17) is 0 Å². The molecule has 1 aromatic carbocycles. The highest BCUT2D eigenvalue weighted by Gasteiger charge is 2.22. The summed E-state index contributed by atoms with van der Waals surface area (Å²) < 4.78 is 0. The molecule has 0 fully saturated rings. The molecule has 0 radical (unpaired) electrons. The third kappa shape index (κ3) is 4.02. The number of carbonyl (C=O) groups is 1. The Morgan fingerprint density at radius 2 is 1.92 bits per heavy atom. The minimum atomic E-state index is -0.379. The molecule has 1 amide bonds. The zero-order valence-electron chi connectivity index (χ0n) is 14.7. The monoisotopic (exact) mass is 353 g/mol. The second kappa shape index (κ2) is 7.71. The van der Waals surface area contributed by atoms with Crippen LogP contribution in [0.15, 0.2) is 24.3 Å². The van der Waals surface area contributed by atoms with Crippen molar-refractivity contribution in [1.29, 1.82) is 5.26 Å². The Kier molecular flexibility index (Phi) is 5.40. The molecule has 4 nitrogen and oxygen atoms in total. The van der Waals surface area contributed by atoms with Gasteiger partial charge in [-0.15, -0.1) is 11.3 Å². The lowest BCUT2D eigenvalue weighted by Gasteiger charge is -2.15. The van der Waals surface area contributed by atoms with E-state index in [0.29, 0.717) is 10.6 Å². The van der Waals surface area contributed by atoms with Gasteiger partial charge in [0.15, 0.2) is 0 Å². The summed E-state index contributed by atoms with van der Waals surface area (Å²) in [5.74, 6) is -0.117. The third-order valence-corrected chi connectivity index (χ3v) is 5.81. The number of hydrogen-bond acceptors (Lipinski definition) is 4. The molecule has 25 heavy (non-hydrogen) atoms. The van der Waals surface area contributed by atoms with Crippen molar-refractivity contribution in [1.82, 2.24) is 0 Å². The van der Waals surface area contributed by atoms with Gasteiger partial charge in [0.1, 0.15) is 17.1 Å². The molecule has 130 valence electrons. The Morgan fingerprint density at radius 3 is 2.64 bits per heavy atom. The molecule has 1 heterocycles. The van der Waals surface area contributed by atoms with E-state index in [1.165, 1.54) is 16.9 Å². The number of carbonyl (C=O) groups excluding carboxylic acids is 1. The molecule has 3 rings (SSSR count). The molecule has 0 saturated heterocycles. The van der Waals surface area contributed by atoms with Crippen molar-refractivity contribution in [3.05, 3.63) is 45.8 Å². The maximum Gasteiger partial charge on any atom is 0.247 e. The lowest BCUT2D eigenvalue weighted by Crippen LogP contribution is -2.31. The van der Waals surface area contributed by atoms with E-state index in [1.54, 1.807) is 11.3 Å². The molecular formula is C20H23N3OS. The van der Waals surface area contributed by atoms with Crippen LogP contribution < -0.4 is 10.6 Å². The molecule has 1 aliphatic rings. The van der Waals surface area contributed by atoms with Crippen LogP contribution in [0, 0.1) is 18.3 Å². The van der Waals surface area contributed by atoms with Crippen molar-refractivity contribution in [3.63, 3.8) is 0 Å². The Balaban J connectivity index is 1.72. The highest BCUT2D eigenvalue weighted by molar-refractivity contribution is 7.16. The fourth-order valence-corrected chi connectivity index (χ4v) is 4.38. The van der Waals surface area contributed by atoms with Gasteiger partial charge in [0.25, 0.3) is 0 Å². The van der Waals surface area contributed by atoms with Crippen molar-refractivity contribution in [3.8, 4) is 6.07 Å². The molecule has 0 aliphatic heterocycles. The van der Waals surface area contributed by atoms with Gasteiger partial charge in [0.2, 0.25) is 5.91 Å². The summed E-state index contributed by atoms with van der Waals surface area (Å²) in [6, 6.07) is 9.88. The quantitative estimate of drug-likeness (QED) is 0.787. The average molecular weight is 353 g/mol. The molecule has 5 heteroatoms. The first kappa shape index (κ1) is 17.5. The number of fused-ring (bicyclic) bond motifs is 1. The van der Waals surface area contributed by atoms with Crippen LogP contribution in [0.25, 0.3) is 0 Å². The van der Waals surface area contributed by atoms with E-state index < -0.39 is 0 Å². The normalized spacial score (nSPS) is 14.8. The zero-order chi connectivity index (χ0) is 17.8. The van der Waals surface area contributed by atoms with Crippen LogP contribution in [0.1, 0.15) is 47.8 Å². The highest BCUT2D eigenvalue weighted by atomic mass is 32.1. The average Bonchev–Trinajstić information content (AvgIpc) is 2.76. The van der Waals surface area contributed by atoms with Crippen LogP contribution in [0.5, 0.6) is 0 Å². The smallest absolute Gasteiger partial charge is 0.247 e. The summed E-state index contributed by atoms with van der Waals surface area (Å²) in [5.41, 5.74) is 3.91. The predicted octanol–water partition coefficient (Wildman–Crippen LogP) is 4.64. The van der Waals surface area contributed by atoms with Gasteiger partial charge in [0.05, 0.1) is 5.56 Å². The van der Waals surface area contributed by atoms with Gasteiger partial charge in [0, 0.05) is 10.6 Å². The summed E-state index contributed by atoms with van der Waals surface area (Å²) in [6.45, 7) is 3.87. The van der Waals surface area contributed by atoms with Crippen LogP contribution in [0.2, 0.25) is 0 Å². The fraction of sp³-hybridized carbons (Fsp3) is 0.400. The van der Waals surface area contributed by atoms with E-state index in [-0.39, 0.29) is 11.9 Å². The standard InChI is InChI=1S/C20H23N3OS/c1-13-8-10-15(11-9-13)22-14(2)19(24)23-20-17(12-21)16-6-4-3-5-7-18(16)25-20/h8-11,14,22H,3-7H2,1-2H3,(H,23,24)/t14-/m1/s1. The maximum absolute atomic E-state index is 12.6. The summed E-state index contributed by atoms with van der Waals surface area (Å²) in [7, 11) is 0. The molecule has 0 bridgehead atoms. The van der Waals surface area contributed by atoms with Gasteiger partial charge >= 0.3 is 0 Å². The molecular weight excluding hydrogens is 330 g/mol. The van der Waals surface area contributed by atoms with Crippen molar-refractivity contribution >= 4 is 27.9 Å². The number of thiophene rings is 1. The fourth-order valence-electron chi connectivity index (χ4n) is 3.13.